The lowest BCUT2D eigenvalue weighted by molar-refractivity contribution is 0.187. The van der Waals surface area contributed by atoms with Gasteiger partial charge in [0.05, 0.1) is 6.61 Å². The summed E-state index contributed by atoms with van der Waals surface area (Å²) in [5, 5.41) is 12.7. The van der Waals surface area contributed by atoms with Crippen molar-refractivity contribution in [2.24, 2.45) is 0 Å². The molecule has 1 heterocycles. The van der Waals surface area contributed by atoms with Gasteiger partial charge in [-0.25, -0.2) is 9.59 Å². The predicted molar refractivity (Wildman–Crippen MR) is 89.7 cm³/mol. The van der Waals surface area contributed by atoms with Crippen LogP contribution in [0.1, 0.15) is 26.2 Å². The molecule has 0 atom stereocenters. The van der Waals surface area contributed by atoms with E-state index in [1.54, 1.807) is 29.2 Å². The third-order valence-electron chi connectivity index (χ3n) is 3.56. The van der Waals surface area contributed by atoms with Gasteiger partial charge in [-0.05, 0) is 30.7 Å². The first-order valence-corrected chi connectivity index (χ1v) is 7.84. The van der Waals surface area contributed by atoms with Gasteiger partial charge in [0, 0.05) is 30.2 Å². The summed E-state index contributed by atoms with van der Waals surface area (Å²) < 4.78 is 5.06. The highest BCUT2D eigenvalue weighted by atomic mass is 16.4. The van der Waals surface area contributed by atoms with E-state index >= 15 is 0 Å². The molecule has 2 amide bonds. The first-order chi connectivity index (χ1) is 11.1. The number of urea groups is 1. The number of hydrogen-bond donors (Lipinski definition) is 2. The van der Waals surface area contributed by atoms with E-state index in [4.69, 9.17) is 9.52 Å². The van der Waals surface area contributed by atoms with Crippen molar-refractivity contribution in [2.75, 3.05) is 25.0 Å². The number of carbonyl (C=O) groups excluding carboxylic acids is 1. The van der Waals surface area contributed by atoms with E-state index < -0.39 is 5.63 Å². The Hall–Kier alpha value is -2.34. The van der Waals surface area contributed by atoms with Gasteiger partial charge in [-0.3, -0.25) is 0 Å². The third kappa shape index (κ3) is 4.82. The molecule has 1 aromatic carbocycles. The third-order valence-corrected chi connectivity index (χ3v) is 3.56. The monoisotopic (exact) mass is 318 g/mol. The SMILES string of the molecule is CCCCCN(CCO)C(=O)Nc1ccc2oc(=O)ccc2c1. The van der Waals surface area contributed by atoms with Crippen molar-refractivity contribution >= 4 is 22.7 Å². The maximum absolute atomic E-state index is 12.3. The number of aliphatic hydroxyl groups excluding tert-OH is 1. The number of amides is 2. The van der Waals surface area contributed by atoms with Crippen LogP contribution in [0.25, 0.3) is 11.0 Å². The van der Waals surface area contributed by atoms with Gasteiger partial charge in [-0.15, -0.1) is 0 Å². The van der Waals surface area contributed by atoms with Gasteiger partial charge in [-0.1, -0.05) is 19.8 Å². The second-order valence-electron chi connectivity index (χ2n) is 5.35. The lowest BCUT2D eigenvalue weighted by atomic mass is 10.2. The fourth-order valence-corrected chi connectivity index (χ4v) is 2.34. The average Bonchev–Trinajstić information content (AvgIpc) is 2.54. The summed E-state index contributed by atoms with van der Waals surface area (Å²) in [6, 6.07) is 7.85. The van der Waals surface area contributed by atoms with Gasteiger partial charge in [-0.2, -0.15) is 0 Å². The minimum absolute atomic E-state index is 0.0670. The van der Waals surface area contributed by atoms with Crippen LogP contribution in [-0.2, 0) is 0 Å². The van der Waals surface area contributed by atoms with Crippen molar-refractivity contribution < 1.29 is 14.3 Å². The first kappa shape index (κ1) is 17.0. The van der Waals surface area contributed by atoms with E-state index in [0.29, 0.717) is 24.4 Å². The zero-order valence-corrected chi connectivity index (χ0v) is 13.2. The highest BCUT2D eigenvalue weighted by molar-refractivity contribution is 5.92. The molecule has 2 aromatic rings. The van der Waals surface area contributed by atoms with Crippen LogP contribution in [-0.4, -0.2) is 35.7 Å². The van der Waals surface area contributed by atoms with Crippen molar-refractivity contribution in [1.29, 1.82) is 0 Å². The maximum atomic E-state index is 12.3. The summed E-state index contributed by atoms with van der Waals surface area (Å²) in [7, 11) is 0. The summed E-state index contributed by atoms with van der Waals surface area (Å²) in [5.41, 5.74) is 0.694. The highest BCUT2D eigenvalue weighted by Crippen LogP contribution is 2.18. The zero-order valence-electron chi connectivity index (χ0n) is 13.2. The Morgan fingerprint density at radius 3 is 2.78 bits per heavy atom. The lowest BCUT2D eigenvalue weighted by Gasteiger charge is -2.22. The van der Waals surface area contributed by atoms with Crippen LogP contribution < -0.4 is 10.9 Å². The summed E-state index contributed by atoms with van der Waals surface area (Å²) in [5.74, 6) is 0. The van der Waals surface area contributed by atoms with Crippen LogP contribution in [0.4, 0.5) is 10.5 Å². The van der Waals surface area contributed by atoms with Gasteiger partial charge in [0.2, 0.25) is 0 Å². The van der Waals surface area contributed by atoms with Crippen molar-refractivity contribution in [1.82, 2.24) is 4.90 Å². The number of benzene rings is 1. The Bertz CT molecular complexity index is 711. The number of carbonyl (C=O) groups is 1. The molecular weight excluding hydrogens is 296 g/mol. The van der Waals surface area contributed by atoms with E-state index in [0.717, 1.165) is 24.6 Å². The van der Waals surface area contributed by atoms with Crippen LogP contribution in [0.3, 0.4) is 0 Å². The number of hydrogen-bond acceptors (Lipinski definition) is 4. The maximum Gasteiger partial charge on any atom is 0.336 e. The molecule has 0 spiro atoms. The molecule has 6 heteroatoms. The second kappa shape index (κ2) is 8.33. The Labute approximate surface area is 134 Å². The van der Waals surface area contributed by atoms with Crippen LogP contribution >= 0.6 is 0 Å². The number of aliphatic hydroxyl groups is 1. The molecule has 0 aliphatic heterocycles. The fraction of sp³-hybridized carbons (Fsp3) is 0.412. The molecule has 124 valence electrons. The van der Waals surface area contributed by atoms with Crippen LogP contribution in [0, 0.1) is 0 Å². The molecule has 0 saturated carbocycles. The quantitative estimate of drug-likeness (QED) is 0.607. The summed E-state index contributed by atoms with van der Waals surface area (Å²) in [4.78, 5) is 25.1. The molecule has 6 nitrogen and oxygen atoms in total. The van der Waals surface area contributed by atoms with E-state index in [2.05, 4.69) is 12.2 Å². The van der Waals surface area contributed by atoms with Gasteiger partial charge in [0.15, 0.2) is 0 Å². The minimum atomic E-state index is -0.403. The predicted octanol–water partition coefficient (Wildman–Crippen LogP) is 2.81. The van der Waals surface area contributed by atoms with Crippen LogP contribution in [0.2, 0.25) is 0 Å². The smallest absolute Gasteiger partial charge is 0.336 e. The molecule has 0 aliphatic rings. The van der Waals surface area contributed by atoms with E-state index in [-0.39, 0.29) is 12.6 Å². The molecule has 23 heavy (non-hydrogen) atoms. The largest absolute Gasteiger partial charge is 0.423 e. The zero-order chi connectivity index (χ0) is 16.7. The number of rotatable bonds is 7. The number of nitrogens with zero attached hydrogens (tertiary/aromatic N) is 1. The van der Waals surface area contributed by atoms with E-state index in [1.807, 2.05) is 0 Å². The molecule has 0 radical (unpaired) electrons. The van der Waals surface area contributed by atoms with E-state index in [1.165, 1.54) is 6.07 Å². The van der Waals surface area contributed by atoms with Crippen LogP contribution in [0.15, 0.2) is 39.5 Å². The first-order valence-electron chi connectivity index (χ1n) is 7.84. The van der Waals surface area contributed by atoms with Gasteiger partial charge in [0.1, 0.15) is 5.58 Å². The van der Waals surface area contributed by atoms with Gasteiger partial charge < -0.3 is 19.7 Å². The molecule has 2 rings (SSSR count). The molecule has 0 unspecified atom stereocenters. The highest BCUT2D eigenvalue weighted by Gasteiger charge is 2.13. The fourth-order valence-electron chi connectivity index (χ4n) is 2.34. The van der Waals surface area contributed by atoms with Crippen molar-refractivity contribution in [3.63, 3.8) is 0 Å². The molecule has 1 aromatic heterocycles. The summed E-state index contributed by atoms with van der Waals surface area (Å²) >= 11 is 0. The van der Waals surface area contributed by atoms with E-state index in [9.17, 15) is 9.59 Å². The van der Waals surface area contributed by atoms with Crippen LogP contribution in [0.5, 0.6) is 0 Å². The lowest BCUT2D eigenvalue weighted by Crippen LogP contribution is -2.37. The summed E-state index contributed by atoms with van der Waals surface area (Å²) in [6.07, 6.45) is 3.03. The number of anilines is 1. The molecule has 0 saturated heterocycles. The van der Waals surface area contributed by atoms with Crippen molar-refractivity contribution in [3.8, 4) is 0 Å². The summed E-state index contributed by atoms with van der Waals surface area (Å²) in [6.45, 7) is 2.95. The normalized spacial score (nSPS) is 10.7. The average molecular weight is 318 g/mol. The van der Waals surface area contributed by atoms with Crippen molar-refractivity contribution in [2.45, 2.75) is 26.2 Å². The minimum Gasteiger partial charge on any atom is -0.423 e. The topological polar surface area (TPSA) is 82.8 Å². The molecule has 0 aliphatic carbocycles. The Balaban J connectivity index is 2.07. The number of nitrogens with one attached hydrogen (secondary N) is 1. The molecule has 2 N–H and O–H groups in total. The van der Waals surface area contributed by atoms with Crippen molar-refractivity contribution in [3.05, 3.63) is 40.8 Å². The Kier molecular flexibility index (Phi) is 6.17. The molecule has 0 fully saturated rings. The Morgan fingerprint density at radius 1 is 1.22 bits per heavy atom. The van der Waals surface area contributed by atoms with Gasteiger partial charge >= 0.3 is 11.7 Å². The molecule has 0 bridgehead atoms. The number of fused-ring (bicyclic) bond motifs is 1. The second-order valence-corrected chi connectivity index (χ2v) is 5.35. The molecular formula is C17H22N2O4. The standard InChI is InChI=1S/C17H22N2O4/c1-2-3-4-9-19(10-11-20)17(22)18-14-6-7-15-13(12-14)5-8-16(21)23-15/h5-8,12,20H,2-4,9-11H2,1H3,(H,18,22). The Morgan fingerprint density at radius 2 is 2.04 bits per heavy atom. The van der Waals surface area contributed by atoms with Gasteiger partial charge in [0.25, 0.3) is 0 Å². The number of unbranched alkanes of at least 4 members (excludes halogenated alkanes) is 2.